The van der Waals surface area contributed by atoms with Crippen molar-refractivity contribution in [3.63, 3.8) is 0 Å². The fourth-order valence-electron chi connectivity index (χ4n) is 1.70. The minimum atomic E-state index is 0.328. The first-order valence-corrected chi connectivity index (χ1v) is 6.62. The maximum absolute atomic E-state index is 5.67. The molecule has 0 aliphatic rings. The van der Waals surface area contributed by atoms with Crippen LogP contribution in [-0.2, 0) is 13.2 Å². The molecule has 5 nitrogen and oxygen atoms in total. The van der Waals surface area contributed by atoms with E-state index in [1.54, 1.807) is 7.11 Å². The smallest absolute Gasteiger partial charge is 0.174 e. The molecule has 0 aliphatic heterocycles. The van der Waals surface area contributed by atoms with Gasteiger partial charge >= 0.3 is 0 Å². The van der Waals surface area contributed by atoms with E-state index in [1.165, 1.54) is 0 Å². The first-order valence-electron chi connectivity index (χ1n) is 6.62. The number of methoxy groups -OCH3 is 1. The number of nitrogens with one attached hydrogen (secondary N) is 1. The van der Waals surface area contributed by atoms with E-state index in [0.717, 1.165) is 5.69 Å². The first-order chi connectivity index (χ1) is 9.69. The van der Waals surface area contributed by atoms with Crippen molar-refractivity contribution >= 4 is 0 Å². The van der Waals surface area contributed by atoms with Crippen molar-refractivity contribution in [2.24, 2.45) is 0 Å². The highest BCUT2D eigenvalue weighted by Crippen LogP contribution is 2.26. The van der Waals surface area contributed by atoms with Crippen LogP contribution in [0.25, 0.3) is 0 Å². The van der Waals surface area contributed by atoms with E-state index in [0.29, 0.717) is 36.5 Å². The molecular formula is C15H20N2O3. The fraction of sp³-hybridized carbons (Fsp3) is 0.400. The second-order valence-corrected chi connectivity index (χ2v) is 4.76. The molecule has 0 saturated carbocycles. The molecule has 0 unspecified atom stereocenters. The minimum Gasteiger partial charge on any atom is -0.493 e. The maximum atomic E-state index is 5.67. The van der Waals surface area contributed by atoms with Gasteiger partial charge in [-0.15, -0.1) is 0 Å². The highest BCUT2D eigenvalue weighted by molar-refractivity contribution is 5.39. The summed E-state index contributed by atoms with van der Waals surface area (Å²) in [5.74, 6) is 2.08. The Morgan fingerprint density at radius 1 is 1.25 bits per heavy atom. The number of aromatic nitrogens is 1. The molecule has 108 valence electrons. The fourth-order valence-corrected chi connectivity index (χ4v) is 1.70. The lowest BCUT2D eigenvalue weighted by Crippen LogP contribution is -2.21. The first kappa shape index (κ1) is 14.4. The van der Waals surface area contributed by atoms with Crippen LogP contribution in [0.2, 0.25) is 0 Å². The summed E-state index contributed by atoms with van der Waals surface area (Å²) in [6, 6.07) is 9.82. The average molecular weight is 276 g/mol. The van der Waals surface area contributed by atoms with E-state index in [9.17, 15) is 0 Å². The van der Waals surface area contributed by atoms with Crippen molar-refractivity contribution in [2.75, 3.05) is 7.11 Å². The van der Waals surface area contributed by atoms with E-state index in [4.69, 9.17) is 14.0 Å². The van der Waals surface area contributed by atoms with Gasteiger partial charge in [-0.25, -0.2) is 0 Å². The summed E-state index contributed by atoms with van der Waals surface area (Å²) in [5.41, 5.74) is 0.873. The molecule has 0 amide bonds. The standard InChI is InChI=1S/C15H20N2O3/c1-11(2)16-9-12-8-13(20-17-12)10-19-15-7-5-4-6-14(15)18-3/h4-8,11,16H,9-10H2,1-3H3. The highest BCUT2D eigenvalue weighted by Gasteiger charge is 2.07. The third-order valence-electron chi connectivity index (χ3n) is 2.74. The Hall–Kier alpha value is -2.01. The number of para-hydroxylation sites is 2. The summed E-state index contributed by atoms with van der Waals surface area (Å²) in [5, 5.41) is 7.28. The van der Waals surface area contributed by atoms with E-state index in [-0.39, 0.29) is 0 Å². The van der Waals surface area contributed by atoms with Gasteiger partial charge in [0.15, 0.2) is 17.3 Å². The van der Waals surface area contributed by atoms with E-state index >= 15 is 0 Å². The largest absolute Gasteiger partial charge is 0.493 e. The van der Waals surface area contributed by atoms with Crippen LogP contribution in [-0.4, -0.2) is 18.3 Å². The molecule has 0 atom stereocenters. The topological polar surface area (TPSA) is 56.5 Å². The maximum Gasteiger partial charge on any atom is 0.174 e. The number of hydrogen-bond acceptors (Lipinski definition) is 5. The Morgan fingerprint density at radius 2 is 2.00 bits per heavy atom. The second-order valence-electron chi connectivity index (χ2n) is 4.76. The summed E-state index contributed by atoms with van der Waals surface area (Å²) in [4.78, 5) is 0. The molecule has 1 aromatic heterocycles. The minimum absolute atomic E-state index is 0.328. The van der Waals surface area contributed by atoms with Gasteiger partial charge in [0.1, 0.15) is 6.61 Å². The average Bonchev–Trinajstić information content (AvgIpc) is 2.91. The van der Waals surface area contributed by atoms with E-state index in [1.807, 2.05) is 30.3 Å². The quantitative estimate of drug-likeness (QED) is 0.842. The molecule has 2 rings (SSSR count). The van der Waals surface area contributed by atoms with E-state index in [2.05, 4.69) is 24.3 Å². The van der Waals surface area contributed by atoms with Crippen LogP contribution in [0.3, 0.4) is 0 Å². The number of benzene rings is 1. The van der Waals surface area contributed by atoms with Gasteiger partial charge in [-0.3, -0.25) is 0 Å². The molecule has 2 aromatic rings. The van der Waals surface area contributed by atoms with Crippen LogP contribution in [0.15, 0.2) is 34.9 Å². The van der Waals surface area contributed by atoms with Crippen LogP contribution in [0.1, 0.15) is 25.3 Å². The van der Waals surface area contributed by atoms with Crippen molar-refractivity contribution in [1.29, 1.82) is 0 Å². The third kappa shape index (κ3) is 3.99. The molecule has 0 radical (unpaired) electrons. The lowest BCUT2D eigenvalue weighted by atomic mass is 10.3. The zero-order valence-electron chi connectivity index (χ0n) is 12.1. The van der Waals surface area contributed by atoms with Gasteiger partial charge in [0.25, 0.3) is 0 Å². The number of hydrogen-bond donors (Lipinski definition) is 1. The van der Waals surface area contributed by atoms with Crippen LogP contribution >= 0.6 is 0 Å². The molecule has 5 heteroatoms. The van der Waals surface area contributed by atoms with Crippen molar-refractivity contribution in [2.45, 2.75) is 33.0 Å². The predicted molar refractivity (Wildman–Crippen MR) is 75.8 cm³/mol. The van der Waals surface area contributed by atoms with Crippen molar-refractivity contribution < 1.29 is 14.0 Å². The zero-order chi connectivity index (χ0) is 14.4. The summed E-state index contributed by atoms with van der Waals surface area (Å²) < 4.78 is 16.1. The molecule has 1 heterocycles. The SMILES string of the molecule is COc1ccccc1OCc1cc(CNC(C)C)no1. The molecule has 0 aliphatic carbocycles. The second kappa shape index (κ2) is 6.96. The summed E-state index contributed by atoms with van der Waals surface area (Å²) in [7, 11) is 1.62. The summed E-state index contributed by atoms with van der Waals surface area (Å²) >= 11 is 0. The molecule has 0 saturated heterocycles. The monoisotopic (exact) mass is 276 g/mol. The van der Waals surface area contributed by atoms with Crippen LogP contribution in [0.4, 0.5) is 0 Å². The number of nitrogens with zero attached hydrogens (tertiary/aromatic N) is 1. The van der Waals surface area contributed by atoms with Gasteiger partial charge in [0.2, 0.25) is 0 Å². The van der Waals surface area contributed by atoms with Crippen molar-refractivity contribution in [3.05, 3.63) is 41.8 Å². The lowest BCUT2D eigenvalue weighted by molar-refractivity contribution is 0.238. The molecule has 1 aromatic carbocycles. The Labute approximate surface area is 118 Å². The van der Waals surface area contributed by atoms with Crippen molar-refractivity contribution in [1.82, 2.24) is 10.5 Å². The molecular weight excluding hydrogens is 256 g/mol. The van der Waals surface area contributed by atoms with Crippen LogP contribution in [0.5, 0.6) is 11.5 Å². The highest BCUT2D eigenvalue weighted by atomic mass is 16.5. The molecule has 0 fully saturated rings. The predicted octanol–water partition coefficient (Wildman–Crippen LogP) is 2.76. The molecule has 20 heavy (non-hydrogen) atoms. The van der Waals surface area contributed by atoms with Crippen molar-refractivity contribution in [3.8, 4) is 11.5 Å². The Balaban J connectivity index is 1.91. The Bertz CT molecular complexity index is 537. The Kier molecular flexibility index (Phi) is 5.01. The lowest BCUT2D eigenvalue weighted by Gasteiger charge is -2.08. The zero-order valence-corrected chi connectivity index (χ0v) is 12.1. The van der Waals surface area contributed by atoms with Gasteiger partial charge in [0.05, 0.1) is 12.8 Å². The number of rotatable bonds is 7. The van der Waals surface area contributed by atoms with Gasteiger partial charge in [0, 0.05) is 18.7 Å². The normalized spacial score (nSPS) is 10.8. The summed E-state index contributed by atoms with van der Waals surface area (Å²) in [6.45, 7) is 5.20. The van der Waals surface area contributed by atoms with Gasteiger partial charge in [-0.1, -0.05) is 31.1 Å². The number of ether oxygens (including phenoxy) is 2. The Morgan fingerprint density at radius 3 is 2.70 bits per heavy atom. The van der Waals surface area contributed by atoms with Gasteiger partial charge < -0.3 is 19.3 Å². The van der Waals surface area contributed by atoms with Crippen LogP contribution in [0, 0.1) is 0 Å². The van der Waals surface area contributed by atoms with Crippen LogP contribution < -0.4 is 14.8 Å². The van der Waals surface area contributed by atoms with Gasteiger partial charge in [-0.05, 0) is 12.1 Å². The summed E-state index contributed by atoms with van der Waals surface area (Å²) in [6.07, 6.45) is 0. The third-order valence-corrected chi connectivity index (χ3v) is 2.74. The molecule has 1 N–H and O–H groups in total. The van der Waals surface area contributed by atoms with Gasteiger partial charge in [-0.2, -0.15) is 0 Å². The molecule has 0 bridgehead atoms. The molecule has 0 spiro atoms. The van der Waals surface area contributed by atoms with E-state index < -0.39 is 0 Å².